The van der Waals surface area contributed by atoms with Crippen molar-refractivity contribution in [3.8, 4) is 0 Å². The SMILES string of the molecule is CC(C)CC(C1OO1)(C(C)(C)C)C(C)(C)C. The smallest absolute Gasteiger partial charge is 0.198 e. The van der Waals surface area contributed by atoms with Crippen LogP contribution in [-0.2, 0) is 9.78 Å². The van der Waals surface area contributed by atoms with E-state index in [1.165, 1.54) is 0 Å². The van der Waals surface area contributed by atoms with Gasteiger partial charge in [-0.25, -0.2) is 0 Å². The molecule has 0 atom stereocenters. The van der Waals surface area contributed by atoms with Crippen LogP contribution in [0, 0.1) is 22.2 Å². The molecule has 0 amide bonds. The van der Waals surface area contributed by atoms with E-state index >= 15 is 0 Å². The zero-order chi connectivity index (χ0) is 12.8. The van der Waals surface area contributed by atoms with Crippen LogP contribution in [-0.4, -0.2) is 6.29 Å². The average molecular weight is 228 g/mol. The summed E-state index contributed by atoms with van der Waals surface area (Å²) in [6.45, 7) is 18.3. The summed E-state index contributed by atoms with van der Waals surface area (Å²) in [5, 5.41) is 0. The lowest BCUT2D eigenvalue weighted by Crippen LogP contribution is -2.51. The van der Waals surface area contributed by atoms with Crippen LogP contribution in [0.3, 0.4) is 0 Å². The monoisotopic (exact) mass is 228 g/mol. The van der Waals surface area contributed by atoms with E-state index < -0.39 is 0 Å². The molecular weight excluding hydrogens is 200 g/mol. The largest absolute Gasteiger partial charge is 0.231 e. The highest BCUT2D eigenvalue weighted by molar-refractivity contribution is 5.02. The Labute approximate surface area is 101 Å². The van der Waals surface area contributed by atoms with Crippen molar-refractivity contribution in [3.05, 3.63) is 0 Å². The second-order valence-electron chi connectivity index (χ2n) is 7.59. The predicted octanol–water partition coefficient (Wildman–Crippen LogP) is 4.40. The molecule has 1 saturated heterocycles. The minimum Gasteiger partial charge on any atom is -0.198 e. The summed E-state index contributed by atoms with van der Waals surface area (Å²) >= 11 is 0. The van der Waals surface area contributed by atoms with Crippen LogP contribution in [0.5, 0.6) is 0 Å². The molecule has 0 unspecified atom stereocenters. The molecule has 0 spiro atoms. The summed E-state index contributed by atoms with van der Waals surface area (Å²) in [4.78, 5) is 10.5. The van der Waals surface area contributed by atoms with Crippen molar-refractivity contribution in [3.63, 3.8) is 0 Å². The maximum absolute atomic E-state index is 5.23. The van der Waals surface area contributed by atoms with Crippen molar-refractivity contribution < 1.29 is 9.78 Å². The third-order valence-electron chi connectivity index (χ3n) is 4.00. The summed E-state index contributed by atoms with van der Waals surface area (Å²) in [7, 11) is 0. The molecule has 0 aromatic rings. The molecule has 16 heavy (non-hydrogen) atoms. The molecule has 2 nitrogen and oxygen atoms in total. The zero-order valence-corrected chi connectivity index (χ0v) is 12.2. The molecule has 2 heteroatoms. The standard InChI is InChI=1S/C14H28O2/c1-10(2)9-14(11-15-16-11,12(3,4)5)13(6,7)8/h10-11H,9H2,1-8H3. The van der Waals surface area contributed by atoms with Crippen molar-refractivity contribution in [1.29, 1.82) is 0 Å². The Morgan fingerprint density at radius 2 is 1.25 bits per heavy atom. The third-order valence-corrected chi connectivity index (χ3v) is 4.00. The van der Waals surface area contributed by atoms with Gasteiger partial charge in [0.2, 0.25) is 6.29 Å². The fraction of sp³-hybridized carbons (Fsp3) is 1.00. The van der Waals surface area contributed by atoms with E-state index in [2.05, 4.69) is 55.4 Å². The van der Waals surface area contributed by atoms with Crippen LogP contribution in [0.4, 0.5) is 0 Å². The molecule has 0 radical (unpaired) electrons. The van der Waals surface area contributed by atoms with Crippen molar-refractivity contribution in [2.24, 2.45) is 22.2 Å². The van der Waals surface area contributed by atoms with Crippen molar-refractivity contribution in [1.82, 2.24) is 0 Å². The minimum atomic E-state index is -0.0325. The Bertz CT molecular complexity index is 224. The van der Waals surface area contributed by atoms with E-state index in [0.29, 0.717) is 5.92 Å². The van der Waals surface area contributed by atoms with Gasteiger partial charge in [-0.2, -0.15) is 9.78 Å². The molecule has 0 aromatic carbocycles. The van der Waals surface area contributed by atoms with Crippen molar-refractivity contribution in [2.45, 2.75) is 68.1 Å². The zero-order valence-electron chi connectivity index (χ0n) is 12.2. The first-order valence-corrected chi connectivity index (χ1v) is 6.34. The van der Waals surface area contributed by atoms with Crippen LogP contribution < -0.4 is 0 Å². The van der Waals surface area contributed by atoms with Gasteiger partial charge in [-0.3, -0.25) is 0 Å². The van der Waals surface area contributed by atoms with Gasteiger partial charge in [0.05, 0.1) is 0 Å². The van der Waals surface area contributed by atoms with E-state index in [1.54, 1.807) is 0 Å². The molecule has 1 fully saturated rings. The van der Waals surface area contributed by atoms with Crippen LogP contribution in [0.15, 0.2) is 0 Å². The highest BCUT2D eigenvalue weighted by atomic mass is 17.4. The topological polar surface area (TPSA) is 25.1 Å². The molecule has 0 aliphatic carbocycles. The fourth-order valence-electron chi connectivity index (χ4n) is 3.38. The number of hydrogen-bond donors (Lipinski definition) is 0. The Hall–Kier alpha value is -0.0800. The lowest BCUT2D eigenvalue weighted by molar-refractivity contribution is -0.0767. The molecule has 0 aromatic heterocycles. The van der Waals surface area contributed by atoms with Gasteiger partial charge in [0.25, 0.3) is 0 Å². The number of hydrogen-bond acceptors (Lipinski definition) is 2. The van der Waals surface area contributed by atoms with Crippen LogP contribution in [0.2, 0.25) is 0 Å². The molecule has 0 bridgehead atoms. The van der Waals surface area contributed by atoms with Gasteiger partial charge >= 0.3 is 0 Å². The maximum atomic E-state index is 5.23. The van der Waals surface area contributed by atoms with Gasteiger partial charge in [-0.05, 0) is 23.2 Å². The fourth-order valence-corrected chi connectivity index (χ4v) is 3.38. The molecule has 1 aliphatic rings. The summed E-state index contributed by atoms with van der Waals surface area (Å²) < 4.78 is 0. The van der Waals surface area contributed by atoms with E-state index in [4.69, 9.17) is 9.78 Å². The Morgan fingerprint density at radius 3 is 1.44 bits per heavy atom. The maximum Gasteiger partial charge on any atom is 0.231 e. The average Bonchev–Trinajstić information content (AvgIpc) is 2.76. The normalized spacial score (nSPS) is 19.3. The minimum absolute atomic E-state index is 0.0325. The van der Waals surface area contributed by atoms with E-state index in [1.807, 2.05) is 0 Å². The summed E-state index contributed by atoms with van der Waals surface area (Å²) in [5.74, 6) is 0.645. The summed E-state index contributed by atoms with van der Waals surface area (Å²) in [6, 6.07) is 0. The van der Waals surface area contributed by atoms with Gasteiger partial charge in [0.1, 0.15) is 0 Å². The van der Waals surface area contributed by atoms with Gasteiger partial charge in [-0.15, -0.1) is 0 Å². The quantitative estimate of drug-likeness (QED) is 0.528. The van der Waals surface area contributed by atoms with E-state index in [0.717, 1.165) is 6.42 Å². The Balaban J connectivity index is 3.15. The van der Waals surface area contributed by atoms with E-state index in [9.17, 15) is 0 Å². The van der Waals surface area contributed by atoms with Gasteiger partial charge in [-0.1, -0.05) is 55.4 Å². The molecule has 1 heterocycles. The third kappa shape index (κ3) is 2.28. The van der Waals surface area contributed by atoms with E-state index in [-0.39, 0.29) is 22.5 Å². The Kier molecular flexibility index (Phi) is 3.49. The first-order chi connectivity index (χ1) is 7.02. The second-order valence-corrected chi connectivity index (χ2v) is 7.59. The first-order valence-electron chi connectivity index (χ1n) is 6.34. The van der Waals surface area contributed by atoms with Crippen LogP contribution in [0.25, 0.3) is 0 Å². The summed E-state index contributed by atoms with van der Waals surface area (Å²) in [5.41, 5.74) is 0.390. The molecule has 0 saturated carbocycles. The van der Waals surface area contributed by atoms with Gasteiger partial charge in [0, 0.05) is 5.41 Å². The lowest BCUT2D eigenvalue weighted by Gasteiger charge is -2.52. The predicted molar refractivity (Wildman–Crippen MR) is 66.8 cm³/mol. The second kappa shape index (κ2) is 3.99. The van der Waals surface area contributed by atoms with Crippen LogP contribution in [0.1, 0.15) is 61.8 Å². The molecule has 0 N–H and O–H groups in total. The lowest BCUT2D eigenvalue weighted by atomic mass is 9.51. The van der Waals surface area contributed by atoms with Crippen molar-refractivity contribution >= 4 is 0 Å². The molecule has 1 rings (SSSR count). The number of rotatable bonds is 3. The molecular formula is C14H28O2. The van der Waals surface area contributed by atoms with Gasteiger partial charge < -0.3 is 0 Å². The van der Waals surface area contributed by atoms with Gasteiger partial charge in [0.15, 0.2) is 0 Å². The molecule has 1 aliphatic heterocycles. The first kappa shape index (κ1) is 14.0. The summed E-state index contributed by atoms with van der Waals surface area (Å²) in [6.07, 6.45) is 1.10. The molecule has 96 valence electrons. The highest BCUT2D eigenvalue weighted by Gasteiger charge is 2.62. The highest BCUT2D eigenvalue weighted by Crippen LogP contribution is 2.61. The Morgan fingerprint density at radius 1 is 0.875 bits per heavy atom. The van der Waals surface area contributed by atoms with Crippen LogP contribution >= 0.6 is 0 Å². The van der Waals surface area contributed by atoms with Crippen molar-refractivity contribution in [2.75, 3.05) is 0 Å².